The van der Waals surface area contributed by atoms with Gasteiger partial charge in [-0.05, 0) is 54.7 Å². The van der Waals surface area contributed by atoms with E-state index in [2.05, 4.69) is 15.6 Å². The Kier molecular flexibility index (Phi) is 8.02. The standard InChI is InChI=1S/C23H28N4O5/c1-31-19-5-3-17(15-20(19)32-2)10-14-27-22(29)18(26-23(27)30)4-6-21(28)25-13-9-16-7-11-24-12-8-16/h3,5,7-8,11-12,15,18H,4,6,9-10,13-14H2,1-2H3,(H,25,28)(H,26,30)/t18-/m0/s1. The highest BCUT2D eigenvalue weighted by Crippen LogP contribution is 2.28. The molecule has 0 unspecified atom stereocenters. The van der Waals surface area contributed by atoms with Crippen LogP contribution in [0.15, 0.2) is 42.7 Å². The molecule has 1 fully saturated rings. The Bertz CT molecular complexity index is 951. The zero-order valence-electron chi connectivity index (χ0n) is 18.3. The van der Waals surface area contributed by atoms with Crippen LogP contribution in [0.5, 0.6) is 11.5 Å². The van der Waals surface area contributed by atoms with E-state index in [4.69, 9.17) is 9.47 Å². The molecule has 1 saturated heterocycles. The molecule has 4 amide bonds. The lowest BCUT2D eigenvalue weighted by atomic mass is 10.1. The number of nitrogens with one attached hydrogen (secondary N) is 2. The van der Waals surface area contributed by atoms with Gasteiger partial charge in [-0.2, -0.15) is 0 Å². The number of amides is 4. The lowest BCUT2D eigenvalue weighted by Crippen LogP contribution is -2.34. The van der Waals surface area contributed by atoms with Crippen LogP contribution in [0, 0.1) is 0 Å². The molecular formula is C23H28N4O5. The van der Waals surface area contributed by atoms with Crippen molar-refractivity contribution >= 4 is 17.8 Å². The Morgan fingerprint density at radius 2 is 1.81 bits per heavy atom. The van der Waals surface area contributed by atoms with E-state index in [1.807, 2.05) is 24.3 Å². The summed E-state index contributed by atoms with van der Waals surface area (Å²) in [5.41, 5.74) is 2.00. The monoisotopic (exact) mass is 440 g/mol. The van der Waals surface area contributed by atoms with Crippen LogP contribution in [0.4, 0.5) is 4.79 Å². The molecule has 170 valence electrons. The van der Waals surface area contributed by atoms with Crippen LogP contribution in [0.3, 0.4) is 0 Å². The van der Waals surface area contributed by atoms with Gasteiger partial charge in [-0.3, -0.25) is 19.5 Å². The fourth-order valence-corrected chi connectivity index (χ4v) is 3.52. The summed E-state index contributed by atoms with van der Waals surface area (Å²) in [4.78, 5) is 42.1. The molecule has 2 N–H and O–H groups in total. The summed E-state index contributed by atoms with van der Waals surface area (Å²) >= 11 is 0. The number of imide groups is 1. The highest BCUT2D eigenvalue weighted by Gasteiger charge is 2.37. The minimum Gasteiger partial charge on any atom is -0.493 e. The van der Waals surface area contributed by atoms with Crippen LogP contribution in [0.1, 0.15) is 24.0 Å². The number of carbonyl (C=O) groups is 3. The molecule has 2 aromatic rings. The van der Waals surface area contributed by atoms with E-state index in [9.17, 15) is 14.4 Å². The van der Waals surface area contributed by atoms with Gasteiger partial charge in [0.2, 0.25) is 5.91 Å². The molecule has 0 spiro atoms. The number of hydrogen-bond acceptors (Lipinski definition) is 6. The number of hydrogen-bond donors (Lipinski definition) is 2. The lowest BCUT2D eigenvalue weighted by Gasteiger charge is -2.14. The molecule has 3 rings (SSSR count). The Morgan fingerprint density at radius 3 is 2.53 bits per heavy atom. The van der Waals surface area contributed by atoms with Crippen molar-refractivity contribution in [3.8, 4) is 11.5 Å². The summed E-state index contributed by atoms with van der Waals surface area (Å²) < 4.78 is 10.5. The molecular weight excluding hydrogens is 412 g/mol. The van der Waals surface area contributed by atoms with Crippen molar-refractivity contribution in [2.75, 3.05) is 27.3 Å². The SMILES string of the molecule is COc1ccc(CCN2C(=O)N[C@@H](CCC(=O)NCCc3ccncc3)C2=O)cc1OC. The van der Waals surface area contributed by atoms with Gasteiger partial charge >= 0.3 is 6.03 Å². The summed E-state index contributed by atoms with van der Waals surface area (Å²) in [5, 5.41) is 5.51. The summed E-state index contributed by atoms with van der Waals surface area (Å²) in [6, 6.07) is 8.16. The average Bonchev–Trinajstić information content (AvgIpc) is 3.09. The maximum Gasteiger partial charge on any atom is 0.324 e. The van der Waals surface area contributed by atoms with Crippen LogP contribution < -0.4 is 20.1 Å². The van der Waals surface area contributed by atoms with Gasteiger partial charge in [-0.25, -0.2) is 4.79 Å². The second-order valence-electron chi connectivity index (χ2n) is 7.43. The van der Waals surface area contributed by atoms with Crippen molar-refractivity contribution in [1.29, 1.82) is 0 Å². The van der Waals surface area contributed by atoms with E-state index in [0.29, 0.717) is 30.9 Å². The predicted octanol–water partition coefficient (Wildman–Crippen LogP) is 1.70. The number of nitrogens with zero attached hydrogens (tertiary/aromatic N) is 2. The molecule has 9 nitrogen and oxygen atoms in total. The van der Waals surface area contributed by atoms with E-state index in [0.717, 1.165) is 11.1 Å². The smallest absolute Gasteiger partial charge is 0.324 e. The molecule has 1 atom stereocenters. The topological polar surface area (TPSA) is 110 Å². The zero-order valence-corrected chi connectivity index (χ0v) is 18.3. The maximum atomic E-state index is 12.6. The molecule has 0 bridgehead atoms. The number of pyridine rings is 1. The van der Waals surface area contributed by atoms with Gasteiger partial charge in [0.15, 0.2) is 11.5 Å². The van der Waals surface area contributed by atoms with E-state index in [1.165, 1.54) is 4.90 Å². The number of rotatable bonds is 11. The molecule has 9 heteroatoms. The first-order chi connectivity index (χ1) is 15.5. The molecule has 1 aliphatic rings. The van der Waals surface area contributed by atoms with Crippen molar-refractivity contribution in [3.05, 3.63) is 53.9 Å². The van der Waals surface area contributed by atoms with Gasteiger partial charge in [0.25, 0.3) is 5.91 Å². The second kappa shape index (κ2) is 11.1. The highest BCUT2D eigenvalue weighted by molar-refractivity contribution is 6.04. The zero-order chi connectivity index (χ0) is 22.9. The number of methoxy groups -OCH3 is 2. The number of urea groups is 1. The number of benzene rings is 1. The van der Waals surface area contributed by atoms with Crippen LogP contribution in [0.25, 0.3) is 0 Å². The molecule has 1 aromatic heterocycles. The van der Waals surface area contributed by atoms with E-state index in [-0.39, 0.29) is 31.2 Å². The Morgan fingerprint density at radius 1 is 1.06 bits per heavy atom. The van der Waals surface area contributed by atoms with Crippen LogP contribution in [-0.4, -0.2) is 61.1 Å². The Hall–Kier alpha value is -3.62. The Balaban J connectivity index is 1.43. The third-order valence-corrected chi connectivity index (χ3v) is 5.32. The minimum absolute atomic E-state index is 0.148. The van der Waals surface area contributed by atoms with Crippen molar-refractivity contribution in [1.82, 2.24) is 20.5 Å². The third-order valence-electron chi connectivity index (χ3n) is 5.32. The van der Waals surface area contributed by atoms with Crippen molar-refractivity contribution in [2.24, 2.45) is 0 Å². The molecule has 32 heavy (non-hydrogen) atoms. The molecule has 0 radical (unpaired) electrons. The van der Waals surface area contributed by atoms with Gasteiger partial charge < -0.3 is 20.1 Å². The summed E-state index contributed by atoms with van der Waals surface area (Å²) in [6.07, 6.45) is 5.04. The van der Waals surface area contributed by atoms with Crippen molar-refractivity contribution in [2.45, 2.75) is 31.7 Å². The van der Waals surface area contributed by atoms with Crippen molar-refractivity contribution in [3.63, 3.8) is 0 Å². The first-order valence-electron chi connectivity index (χ1n) is 10.5. The van der Waals surface area contributed by atoms with Gasteiger partial charge in [0, 0.05) is 31.9 Å². The number of carbonyl (C=O) groups excluding carboxylic acids is 3. The third kappa shape index (κ3) is 5.96. The normalized spacial score (nSPS) is 15.4. The quantitative estimate of drug-likeness (QED) is 0.515. The van der Waals surface area contributed by atoms with Crippen LogP contribution in [0.2, 0.25) is 0 Å². The Labute approximate surface area is 187 Å². The molecule has 2 heterocycles. The second-order valence-corrected chi connectivity index (χ2v) is 7.43. The molecule has 0 saturated carbocycles. The average molecular weight is 441 g/mol. The first-order valence-corrected chi connectivity index (χ1v) is 10.5. The largest absolute Gasteiger partial charge is 0.493 e. The van der Waals surface area contributed by atoms with E-state index >= 15 is 0 Å². The predicted molar refractivity (Wildman–Crippen MR) is 117 cm³/mol. The number of aromatic nitrogens is 1. The van der Waals surface area contributed by atoms with Gasteiger partial charge in [0.1, 0.15) is 6.04 Å². The fourth-order valence-electron chi connectivity index (χ4n) is 3.52. The van der Waals surface area contributed by atoms with Crippen molar-refractivity contribution < 1.29 is 23.9 Å². The van der Waals surface area contributed by atoms with Crippen LogP contribution in [-0.2, 0) is 22.4 Å². The van der Waals surface area contributed by atoms with E-state index in [1.54, 1.807) is 32.7 Å². The minimum atomic E-state index is -0.682. The summed E-state index contributed by atoms with van der Waals surface area (Å²) in [6.45, 7) is 0.750. The summed E-state index contributed by atoms with van der Waals surface area (Å²) in [5.74, 6) is 0.755. The van der Waals surface area contributed by atoms with Gasteiger partial charge in [0.05, 0.1) is 14.2 Å². The lowest BCUT2D eigenvalue weighted by molar-refractivity contribution is -0.127. The van der Waals surface area contributed by atoms with E-state index < -0.39 is 12.1 Å². The summed E-state index contributed by atoms with van der Waals surface area (Å²) in [7, 11) is 3.12. The molecule has 1 aliphatic heterocycles. The molecule has 1 aromatic carbocycles. The fraction of sp³-hybridized carbons (Fsp3) is 0.391. The van der Waals surface area contributed by atoms with Crippen LogP contribution >= 0.6 is 0 Å². The van der Waals surface area contributed by atoms with Gasteiger partial charge in [-0.15, -0.1) is 0 Å². The maximum absolute atomic E-state index is 12.6. The highest BCUT2D eigenvalue weighted by atomic mass is 16.5. The molecule has 0 aliphatic carbocycles. The van der Waals surface area contributed by atoms with Gasteiger partial charge in [-0.1, -0.05) is 6.07 Å². The number of ether oxygens (including phenoxy) is 2. The first kappa shape index (κ1) is 23.1.